The number of carbonyl (C=O) groups is 2. The monoisotopic (exact) mass is 584 g/mol. The number of nitrogens with zero attached hydrogens (tertiary/aromatic N) is 3. The Morgan fingerprint density at radius 3 is 1.98 bits per heavy atom. The van der Waals surface area contributed by atoms with Gasteiger partial charge >= 0.3 is 12.4 Å². The molecular weight excluding hydrogens is 554 g/mol. The summed E-state index contributed by atoms with van der Waals surface area (Å²) < 4.78 is 86.6. The van der Waals surface area contributed by atoms with Gasteiger partial charge in [0.25, 0.3) is 5.91 Å². The minimum Gasteiger partial charge on any atom is -0.383 e. The molecule has 2 amide bonds. The zero-order chi connectivity index (χ0) is 30.8. The van der Waals surface area contributed by atoms with Crippen molar-refractivity contribution in [1.82, 2.24) is 14.7 Å². The average Bonchev–Trinajstić information content (AvgIpc) is 3.29. The van der Waals surface area contributed by atoms with Crippen molar-refractivity contribution in [2.75, 3.05) is 32.1 Å². The SMILES string of the molecule is COCCN(CC(=O)Nc1cc(C(C)(C)C)nn1-c1ccc(C)cc1)C(=O)c1cc(C(F)(F)F)cc(C(F)(F)F)c1. The molecule has 0 bridgehead atoms. The number of ether oxygens (including phenoxy) is 1. The van der Waals surface area contributed by atoms with Gasteiger partial charge in [-0.05, 0) is 37.3 Å². The number of alkyl halides is 6. The second-order valence-corrected chi connectivity index (χ2v) is 10.5. The lowest BCUT2D eigenvalue weighted by Gasteiger charge is -2.23. The van der Waals surface area contributed by atoms with Crippen LogP contribution in [0.25, 0.3) is 5.69 Å². The van der Waals surface area contributed by atoms with Crippen LogP contribution < -0.4 is 5.32 Å². The molecule has 7 nitrogen and oxygen atoms in total. The van der Waals surface area contributed by atoms with Crippen LogP contribution in [0.4, 0.5) is 32.2 Å². The Bertz CT molecular complexity index is 1360. The van der Waals surface area contributed by atoms with Crippen molar-refractivity contribution in [2.45, 2.75) is 45.5 Å². The minimum atomic E-state index is -5.13. The molecule has 0 aliphatic carbocycles. The van der Waals surface area contributed by atoms with E-state index in [0.29, 0.717) is 23.5 Å². The van der Waals surface area contributed by atoms with Crippen molar-refractivity contribution in [3.63, 3.8) is 0 Å². The fourth-order valence-corrected chi connectivity index (χ4v) is 3.79. The molecule has 1 N–H and O–H groups in total. The fraction of sp³-hybridized carbons (Fsp3) is 0.393. The van der Waals surface area contributed by atoms with Crippen molar-refractivity contribution in [1.29, 1.82) is 0 Å². The molecule has 0 aliphatic rings. The Morgan fingerprint density at radius 1 is 0.927 bits per heavy atom. The Balaban J connectivity index is 1.95. The van der Waals surface area contributed by atoms with Crippen LogP contribution in [0.1, 0.15) is 53.5 Å². The Hall–Kier alpha value is -3.87. The van der Waals surface area contributed by atoms with Crippen LogP contribution in [0.3, 0.4) is 0 Å². The number of rotatable bonds is 8. The number of methoxy groups -OCH3 is 1. The molecule has 222 valence electrons. The molecule has 3 rings (SSSR count). The van der Waals surface area contributed by atoms with Gasteiger partial charge in [-0.1, -0.05) is 38.5 Å². The molecule has 0 atom stereocenters. The summed E-state index contributed by atoms with van der Waals surface area (Å²) in [5.74, 6) is -1.68. The van der Waals surface area contributed by atoms with Gasteiger partial charge in [0, 0.05) is 30.7 Å². The normalized spacial score (nSPS) is 12.4. The lowest BCUT2D eigenvalue weighted by Crippen LogP contribution is -2.40. The van der Waals surface area contributed by atoms with Gasteiger partial charge in [0.2, 0.25) is 5.91 Å². The van der Waals surface area contributed by atoms with Crippen LogP contribution in [-0.4, -0.2) is 53.3 Å². The van der Waals surface area contributed by atoms with E-state index in [1.807, 2.05) is 39.8 Å². The molecule has 1 aromatic heterocycles. The molecule has 1 heterocycles. The van der Waals surface area contributed by atoms with E-state index in [9.17, 15) is 35.9 Å². The van der Waals surface area contributed by atoms with Crippen LogP contribution in [0.5, 0.6) is 0 Å². The summed E-state index contributed by atoms with van der Waals surface area (Å²) in [6.07, 6.45) is -10.3. The molecule has 0 unspecified atom stereocenters. The number of amides is 2. The smallest absolute Gasteiger partial charge is 0.383 e. The third kappa shape index (κ3) is 8.09. The van der Waals surface area contributed by atoms with E-state index in [1.165, 1.54) is 11.8 Å². The maximum Gasteiger partial charge on any atom is 0.416 e. The highest BCUT2D eigenvalue weighted by Crippen LogP contribution is 2.36. The van der Waals surface area contributed by atoms with Crippen molar-refractivity contribution < 1.29 is 40.7 Å². The predicted octanol–water partition coefficient (Wildman–Crippen LogP) is 6.24. The molecule has 0 saturated carbocycles. The lowest BCUT2D eigenvalue weighted by molar-refractivity contribution is -0.143. The largest absolute Gasteiger partial charge is 0.416 e. The van der Waals surface area contributed by atoms with Crippen LogP contribution >= 0.6 is 0 Å². The molecule has 0 aliphatic heterocycles. The van der Waals surface area contributed by atoms with Crippen LogP contribution in [0.15, 0.2) is 48.5 Å². The quantitative estimate of drug-likeness (QED) is 0.318. The number of halogens is 6. The van der Waals surface area contributed by atoms with Gasteiger partial charge < -0.3 is 15.0 Å². The summed E-state index contributed by atoms with van der Waals surface area (Å²) in [5.41, 5.74) is -2.25. The molecule has 13 heteroatoms. The number of hydrogen-bond acceptors (Lipinski definition) is 4. The molecular formula is C28H30F6N4O3. The highest BCUT2D eigenvalue weighted by atomic mass is 19.4. The van der Waals surface area contributed by atoms with Gasteiger partial charge in [-0.25, -0.2) is 4.68 Å². The highest BCUT2D eigenvalue weighted by Gasteiger charge is 2.38. The van der Waals surface area contributed by atoms with Crippen molar-refractivity contribution in [3.8, 4) is 5.69 Å². The van der Waals surface area contributed by atoms with E-state index >= 15 is 0 Å². The molecule has 2 aromatic carbocycles. The number of anilines is 1. The summed E-state index contributed by atoms with van der Waals surface area (Å²) in [6.45, 7) is 6.61. The third-order valence-electron chi connectivity index (χ3n) is 6.05. The fourth-order valence-electron chi connectivity index (χ4n) is 3.79. The van der Waals surface area contributed by atoms with Crippen LogP contribution in [0, 0.1) is 6.92 Å². The topological polar surface area (TPSA) is 76.5 Å². The van der Waals surface area contributed by atoms with E-state index < -0.39 is 52.8 Å². The van der Waals surface area contributed by atoms with Gasteiger partial charge in [-0.3, -0.25) is 9.59 Å². The van der Waals surface area contributed by atoms with E-state index in [1.54, 1.807) is 18.2 Å². The first kappa shape index (κ1) is 31.7. The predicted molar refractivity (Wildman–Crippen MR) is 140 cm³/mol. The van der Waals surface area contributed by atoms with Crippen LogP contribution in [0.2, 0.25) is 0 Å². The molecule has 41 heavy (non-hydrogen) atoms. The third-order valence-corrected chi connectivity index (χ3v) is 6.05. The molecule has 3 aromatic rings. The van der Waals surface area contributed by atoms with Gasteiger partial charge in [0.1, 0.15) is 12.4 Å². The lowest BCUT2D eigenvalue weighted by atomic mass is 9.92. The number of carbonyl (C=O) groups excluding carboxylic acids is 2. The summed E-state index contributed by atoms with van der Waals surface area (Å²) in [7, 11) is 1.29. The zero-order valence-corrected chi connectivity index (χ0v) is 23.1. The zero-order valence-electron chi connectivity index (χ0n) is 23.1. The number of aromatic nitrogens is 2. The summed E-state index contributed by atoms with van der Waals surface area (Å²) in [6, 6.07) is 9.55. The maximum absolute atomic E-state index is 13.4. The van der Waals surface area contributed by atoms with Crippen molar-refractivity contribution in [3.05, 3.63) is 76.5 Å². The average molecular weight is 585 g/mol. The van der Waals surface area contributed by atoms with E-state index in [2.05, 4.69) is 10.4 Å². The molecule has 0 saturated heterocycles. The van der Waals surface area contributed by atoms with Gasteiger partial charge in [-0.15, -0.1) is 0 Å². The van der Waals surface area contributed by atoms with E-state index in [0.717, 1.165) is 10.5 Å². The summed E-state index contributed by atoms with van der Waals surface area (Å²) in [5, 5.41) is 7.27. The van der Waals surface area contributed by atoms with Crippen molar-refractivity contribution in [2.24, 2.45) is 0 Å². The Kier molecular flexibility index (Phi) is 9.21. The number of nitrogens with one attached hydrogen (secondary N) is 1. The molecule has 0 spiro atoms. The summed E-state index contributed by atoms with van der Waals surface area (Å²) >= 11 is 0. The second-order valence-electron chi connectivity index (χ2n) is 10.5. The summed E-state index contributed by atoms with van der Waals surface area (Å²) in [4.78, 5) is 27.1. The van der Waals surface area contributed by atoms with Gasteiger partial charge in [0.05, 0.1) is 29.1 Å². The first-order valence-corrected chi connectivity index (χ1v) is 12.5. The van der Waals surface area contributed by atoms with Crippen LogP contribution in [-0.2, 0) is 27.3 Å². The van der Waals surface area contributed by atoms with Gasteiger partial charge in [-0.2, -0.15) is 31.4 Å². The maximum atomic E-state index is 13.4. The number of hydrogen-bond donors (Lipinski definition) is 1. The standard InChI is InChI=1S/C28H30F6N4O3/c1-17-6-8-21(9-7-17)38-23(15-22(36-38)26(2,3)4)35-24(39)16-37(10-11-41-5)25(40)18-12-19(27(29,30)31)14-20(13-18)28(32,33)34/h6-9,12-15H,10-11,16H2,1-5H3,(H,35,39). The highest BCUT2D eigenvalue weighted by molar-refractivity contribution is 5.99. The Morgan fingerprint density at radius 2 is 1.49 bits per heavy atom. The number of aryl methyl sites for hydroxylation is 1. The second kappa shape index (κ2) is 11.9. The Labute approximate surface area is 233 Å². The van der Waals surface area contributed by atoms with Crippen molar-refractivity contribution >= 4 is 17.6 Å². The first-order valence-electron chi connectivity index (χ1n) is 12.5. The molecule has 0 fully saturated rings. The van der Waals surface area contributed by atoms with E-state index in [4.69, 9.17) is 4.74 Å². The molecule has 0 radical (unpaired) electrons. The minimum absolute atomic E-state index is 0.0674. The van der Waals surface area contributed by atoms with Gasteiger partial charge in [0.15, 0.2) is 0 Å². The van der Waals surface area contributed by atoms with E-state index in [-0.39, 0.29) is 25.0 Å². The number of benzene rings is 2. The first-order chi connectivity index (χ1) is 18.9.